The average molecular weight is 395 g/mol. The van der Waals surface area contributed by atoms with Crippen LogP contribution in [0, 0.1) is 0 Å². The molecule has 0 bridgehead atoms. The number of hydrogen-bond donors (Lipinski definition) is 0. The van der Waals surface area contributed by atoms with Crippen molar-refractivity contribution in [1.82, 2.24) is 0 Å². The number of hydrogen-bond acceptors (Lipinski definition) is 4. The second kappa shape index (κ2) is 8.04. The lowest BCUT2D eigenvalue weighted by Gasteiger charge is -2.24. The first-order valence-electron chi connectivity index (χ1n) is 9.08. The number of para-hydroxylation sites is 2. The van der Waals surface area contributed by atoms with E-state index in [4.69, 9.17) is 9.47 Å². The Hall–Kier alpha value is -2.83. The molecule has 3 aromatic rings. The number of ether oxygens (including phenoxy) is 2. The molecule has 28 heavy (non-hydrogen) atoms. The summed E-state index contributed by atoms with van der Waals surface area (Å²) >= 11 is 0. The lowest BCUT2D eigenvalue weighted by molar-refractivity contribution is 0.263. The highest BCUT2D eigenvalue weighted by molar-refractivity contribution is 7.92. The zero-order valence-electron chi connectivity index (χ0n) is 15.3. The normalized spacial score (nSPS) is 15.8. The van der Waals surface area contributed by atoms with Gasteiger partial charge in [0.25, 0.3) is 0 Å². The molecule has 1 atom stereocenters. The van der Waals surface area contributed by atoms with E-state index in [-0.39, 0.29) is 11.9 Å². The molecular weight excluding hydrogens is 374 g/mol. The SMILES string of the molecule is O=S(=O)(Cc1ccc(OCC2CO2)cc1)N(c1ccccc1)c1ccccc1. The smallest absolute Gasteiger partial charge is 0.243 e. The summed E-state index contributed by atoms with van der Waals surface area (Å²) in [6.07, 6.45) is 0.186. The molecule has 1 aliphatic heterocycles. The van der Waals surface area contributed by atoms with Crippen molar-refractivity contribution < 1.29 is 17.9 Å². The number of sulfonamides is 1. The van der Waals surface area contributed by atoms with Crippen LogP contribution in [0.2, 0.25) is 0 Å². The minimum absolute atomic E-state index is 0.108. The standard InChI is InChI=1S/C22H21NO4S/c24-28(25,17-18-11-13-21(14-12-18)26-15-22-16-27-22)23(19-7-3-1-4-8-19)20-9-5-2-6-10-20/h1-14,22H,15-17H2. The predicted molar refractivity (Wildman–Crippen MR) is 109 cm³/mol. The highest BCUT2D eigenvalue weighted by atomic mass is 32.2. The molecule has 0 saturated carbocycles. The summed E-state index contributed by atoms with van der Waals surface area (Å²) in [5, 5.41) is 0. The van der Waals surface area contributed by atoms with Crippen molar-refractivity contribution >= 4 is 21.4 Å². The van der Waals surface area contributed by atoms with Crippen LogP contribution >= 0.6 is 0 Å². The summed E-state index contributed by atoms with van der Waals surface area (Å²) < 4.78 is 38.7. The predicted octanol–water partition coefficient (Wildman–Crippen LogP) is 4.13. The fraction of sp³-hybridized carbons (Fsp3) is 0.182. The number of benzene rings is 3. The fourth-order valence-electron chi connectivity index (χ4n) is 2.91. The molecule has 144 valence electrons. The first kappa shape index (κ1) is 18.5. The van der Waals surface area contributed by atoms with Gasteiger partial charge in [0.2, 0.25) is 10.0 Å². The highest BCUT2D eigenvalue weighted by Gasteiger charge is 2.25. The molecule has 1 heterocycles. The molecule has 0 aromatic heterocycles. The van der Waals surface area contributed by atoms with Crippen LogP contribution in [0.15, 0.2) is 84.9 Å². The van der Waals surface area contributed by atoms with E-state index in [9.17, 15) is 8.42 Å². The van der Waals surface area contributed by atoms with Crippen LogP contribution < -0.4 is 9.04 Å². The summed E-state index contributed by atoms with van der Waals surface area (Å²) in [7, 11) is -3.64. The van der Waals surface area contributed by atoms with Crippen molar-refractivity contribution in [2.75, 3.05) is 17.5 Å². The lowest BCUT2D eigenvalue weighted by atomic mass is 10.2. The van der Waals surface area contributed by atoms with E-state index in [0.717, 1.165) is 6.61 Å². The quantitative estimate of drug-likeness (QED) is 0.538. The van der Waals surface area contributed by atoms with Crippen molar-refractivity contribution in [3.8, 4) is 5.75 Å². The molecule has 1 fully saturated rings. The van der Waals surface area contributed by atoms with E-state index in [1.165, 1.54) is 4.31 Å². The van der Waals surface area contributed by atoms with Gasteiger partial charge in [-0.2, -0.15) is 0 Å². The molecule has 1 saturated heterocycles. The van der Waals surface area contributed by atoms with Crippen LogP contribution in [-0.4, -0.2) is 27.7 Å². The van der Waals surface area contributed by atoms with Crippen molar-refractivity contribution in [3.63, 3.8) is 0 Å². The van der Waals surface area contributed by atoms with Crippen molar-refractivity contribution in [2.45, 2.75) is 11.9 Å². The first-order chi connectivity index (χ1) is 13.6. The summed E-state index contributed by atoms with van der Waals surface area (Å²) in [5.41, 5.74) is 1.92. The Morgan fingerprint density at radius 1 is 0.857 bits per heavy atom. The molecule has 0 spiro atoms. The summed E-state index contributed by atoms with van der Waals surface area (Å²) in [5.74, 6) is 0.600. The van der Waals surface area contributed by atoms with Gasteiger partial charge in [0, 0.05) is 0 Å². The maximum atomic E-state index is 13.3. The summed E-state index contributed by atoms with van der Waals surface area (Å²) in [6, 6.07) is 25.4. The van der Waals surface area contributed by atoms with Gasteiger partial charge in [0.05, 0.1) is 23.7 Å². The van der Waals surface area contributed by atoms with E-state index in [0.29, 0.717) is 29.3 Å². The minimum Gasteiger partial charge on any atom is -0.491 e. The third kappa shape index (κ3) is 4.52. The number of nitrogens with zero attached hydrogens (tertiary/aromatic N) is 1. The molecule has 1 aliphatic rings. The second-order valence-electron chi connectivity index (χ2n) is 6.60. The number of rotatable bonds is 8. The molecular formula is C22H21NO4S. The maximum absolute atomic E-state index is 13.3. The van der Waals surface area contributed by atoms with E-state index in [1.54, 1.807) is 48.5 Å². The zero-order chi connectivity index (χ0) is 19.4. The third-order valence-electron chi connectivity index (χ3n) is 4.37. The molecule has 0 amide bonds. The van der Waals surface area contributed by atoms with E-state index in [1.807, 2.05) is 36.4 Å². The first-order valence-corrected chi connectivity index (χ1v) is 10.7. The summed E-state index contributed by atoms with van der Waals surface area (Å²) in [4.78, 5) is 0. The number of epoxide rings is 1. The topological polar surface area (TPSA) is 59.1 Å². The van der Waals surface area contributed by atoms with Crippen molar-refractivity contribution in [3.05, 3.63) is 90.5 Å². The average Bonchev–Trinajstić information content (AvgIpc) is 3.53. The lowest BCUT2D eigenvalue weighted by Crippen LogP contribution is -2.27. The largest absolute Gasteiger partial charge is 0.491 e. The fourth-order valence-corrected chi connectivity index (χ4v) is 4.54. The minimum atomic E-state index is -3.64. The zero-order valence-corrected chi connectivity index (χ0v) is 16.1. The van der Waals surface area contributed by atoms with Gasteiger partial charge in [-0.25, -0.2) is 12.7 Å². The molecule has 1 unspecified atom stereocenters. The molecule has 0 aliphatic carbocycles. The Labute approximate surface area is 165 Å². The molecule has 4 rings (SSSR count). The Morgan fingerprint density at radius 3 is 1.89 bits per heavy atom. The van der Waals surface area contributed by atoms with E-state index >= 15 is 0 Å². The van der Waals surface area contributed by atoms with Gasteiger partial charge in [0.1, 0.15) is 18.5 Å². The van der Waals surface area contributed by atoms with Gasteiger partial charge in [-0.3, -0.25) is 0 Å². The van der Waals surface area contributed by atoms with Crippen molar-refractivity contribution in [1.29, 1.82) is 0 Å². The van der Waals surface area contributed by atoms with Crippen LogP contribution in [0.3, 0.4) is 0 Å². The maximum Gasteiger partial charge on any atom is 0.243 e. The van der Waals surface area contributed by atoms with Gasteiger partial charge in [-0.15, -0.1) is 0 Å². The molecule has 0 radical (unpaired) electrons. The van der Waals surface area contributed by atoms with Crippen molar-refractivity contribution in [2.24, 2.45) is 0 Å². The van der Waals surface area contributed by atoms with Gasteiger partial charge in [-0.05, 0) is 42.0 Å². The van der Waals surface area contributed by atoms with E-state index < -0.39 is 10.0 Å². The Morgan fingerprint density at radius 2 is 1.39 bits per heavy atom. The van der Waals surface area contributed by atoms with Gasteiger partial charge in [-0.1, -0.05) is 48.5 Å². The summed E-state index contributed by atoms with van der Waals surface area (Å²) in [6.45, 7) is 1.26. The molecule has 6 heteroatoms. The monoisotopic (exact) mass is 395 g/mol. The molecule has 0 N–H and O–H groups in total. The van der Waals surface area contributed by atoms with Crippen LogP contribution in [0.4, 0.5) is 11.4 Å². The van der Waals surface area contributed by atoms with Gasteiger partial charge >= 0.3 is 0 Å². The van der Waals surface area contributed by atoms with Gasteiger partial charge < -0.3 is 9.47 Å². The Balaban J connectivity index is 1.57. The molecule has 5 nitrogen and oxygen atoms in total. The van der Waals surface area contributed by atoms with Crippen LogP contribution in [0.1, 0.15) is 5.56 Å². The second-order valence-corrected chi connectivity index (χ2v) is 8.42. The third-order valence-corrected chi connectivity index (χ3v) is 6.05. The van der Waals surface area contributed by atoms with Crippen LogP contribution in [0.25, 0.3) is 0 Å². The van der Waals surface area contributed by atoms with Gasteiger partial charge in [0.15, 0.2) is 0 Å². The van der Waals surface area contributed by atoms with Crippen LogP contribution in [-0.2, 0) is 20.5 Å². The van der Waals surface area contributed by atoms with E-state index in [2.05, 4.69) is 0 Å². The highest BCUT2D eigenvalue weighted by Crippen LogP contribution is 2.30. The number of anilines is 2. The molecule has 3 aromatic carbocycles. The Kier molecular flexibility index (Phi) is 5.32. The Bertz CT molecular complexity index is 962. The van der Waals surface area contributed by atoms with Crippen LogP contribution in [0.5, 0.6) is 5.75 Å².